The zero-order valence-electron chi connectivity index (χ0n) is 9.88. The van der Waals surface area contributed by atoms with E-state index < -0.39 is 5.97 Å². The molecule has 0 bridgehead atoms. The molecule has 96 valence electrons. The van der Waals surface area contributed by atoms with Gasteiger partial charge in [-0.15, -0.1) is 0 Å². The highest BCUT2D eigenvalue weighted by Gasteiger charge is 2.11. The molecule has 0 heterocycles. The Kier molecular flexibility index (Phi) is 3.88. The van der Waals surface area contributed by atoms with Gasteiger partial charge in [-0.3, -0.25) is 0 Å². The van der Waals surface area contributed by atoms with Crippen molar-refractivity contribution in [3.63, 3.8) is 0 Å². The van der Waals surface area contributed by atoms with Crippen LogP contribution in [0, 0.1) is 0 Å². The highest BCUT2D eigenvalue weighted by atomic mass is 35.5. The molecule has 0 aliphatic carbocycles. The van der Waals surface area contributed by atoms with E-state index in [0.29, 0.717) is 16.1 Å². The molecular weight excluding hydrogens is 264 g/mol. The molecule has 0 aromatic heterocycles. The number of aromatic hydroxyl groups is 1. The van der Waals surface area contributed by atoms with Crippen LogP contribution in [0.4, 0.5) is 0 Å². The van der Waals surface area contributed by atoms with Gasteiger partial charge in [0.05, 0.1) is 5.57 Å². The van der Waals surface area contributed by atoms with Gasteiger partial charge in [-0.05, 0) is 29.8 Å². The predicted octanol–water partition coefficient (Wildman–Crippen LogP) is 3.67. The van der Waals surface area contributed by atoms with Crippen LogP contribution in [-0.4, -0.2) is 16.2 Å². The van der Waals surface area contributed by atoms with Gasteiger partial charge in [0.1, 0.15) is 5.75 Å². The number of hydrogen-bond acceptors (Lipinski definition) is 2. The summed E-state index contributed by atoms with van der Waals surface area (Å²) >= 11 is 5.77. The van der Waals surface area contributed by atoms with E-state index in [9.17, 15) is 15.0 Å². The van der Waals surface area contributed by atoms with E-state index in [4.69, 9.17) is 11.6 Å². The first-order valence-corrected chi connectivity index (χ1v) is 5.94. The van der Waals surface area contributed by atoms with Crippen molar-refractivity contribution in [2.45, 2.75) is 0 Å². The van der Waals surface area contributed by atoms with Crippen LogP contribution in [0.25, 0.3) is 11.6 Å². The number of carbonyl (C=O) groups is 1. The molecule has 2 aromatic rings. The molecule has 0 saturated heterocycles. The summed E-state index contributed by atoms with van der Waals surface area (Å²) in [6, 6.07) is 13.1. The number of para-hydroxylation sites is 1. The molecule has 2 aromatic carbocycles. The molecule has 0 aliphatic rings. The first-order valence-electron chi connectivity index (χ1n) is 5.57. The molecule has 0 saturated carbocycles. The van der Waals surface area contributed by atoms with E-state index in [0.717, 1.165) is 0 Å². The average molecular weight is 275 g/mol. The van der Waals surface area contributed by atoms with Crippen molar-refractivity contribution in [2.24, 2.45) is 0 Å². The third-order valence-electron chi connectivity index (χ3n) is 2.62. The maximum absolute atomic E-state index is 11.3. The molecule has 2 N–H and O–H groups in total. The van der Waals surface area contributed by atoms with Gasteiger partial charge in [-0.25, -0.2) is 4.79 Å². The minimum atomic E-state index is -1.06. The number of carboxylic acid groups (broad SMARTS) is 1. The third kappa shape index (κ3) is 3.14. The number of hydrogen-bond donors (Lipinski definition) is 2. The molecule has 0 aliphatic heterocycles. The zero-order valence-corrected chi connectivity index (χ0v) is 10.6. The van der Waals surface area contributed by atoms with Crippen LogP contribution in [-0.2, 0) is 4.79 Å². The van der Waals surface area contributed by atoms with E-state index in [-0.39, 0.29) is 11.3 Å². The van der Waals surface area contributed by atoms with Crippen molar-refractivity contribution in [3.05, 3.63) is 64.7 Å². The molecule has 4 heteroatoms. The van der Waals surface area contributed by atoms with Crippen LogP contribution in [0.2, 0.25) is 5.02 Å². The first-order chi connectivity index (χ1) is 9.08. The lowest BCUT2D eigenvalue weighted by molar-refractivity contribution is -0.130. The first kappa shape index (κ1) is 13.2. The molecule has 0 unspecified atom stereocenters. The predicted molar refractivity (Wildman–Crippen MR) is 75.1 cm³/mol. The Labute approximate surface area is 115 Å². The normalized spacial score (nSPS) is 11.3. The van der Waals surface area contributed by atoms with Crippen LogP contribution < -0.4 is 0 Å². The summed E-state index contributed by atoms with van der Waals surface area (Å²) in [6.07, 6.45) is 1.43. The van der Waals surface area contributed by atoms with Gasteiger partial charge in [0.15, 0.2) is 0 Å². The van der Waals surface area contributed by atoms with Crippen molar-refractivity contribution in [1.29, 1.82) is 0 Å². The van der Waals surface area contributed by atoms with Gasteiger partial charge in [0.25, 0.3) is 0 Å². The molecule has 0 atom stereocenters. The Hall–Kier alpha value is -2.26. The topological polar surface area (TPSA) is 57.5 Å². The third-order valence-corrected chi connectivity index (χ3v) is 2.87. The van der Waals surface area contributed by atoms with Crippen molar-refractivity contribution in [1.82, 2.24) is 0 Å². The second-order valence-electron chi connectivity index (χ2n) is 3.93. The summed E-state index contributed by atoms with van der Waals surface area (Å²) < 4.78 is 0. The average Bonchev–Trinajstić information content (AvgIpc) is 2.39. The second-order valence-corrected chi connectivity index (χ2v) is 4.37. The quantitative estimate of drug-likeness (QED) is 0.663. The number of phenolic OH excluding ortho intramolecular Hbond substituents is 1. The van der Waals surface area contributed by atoms with Crippen LogP contribution in [0.15, 0.2) is 48.5 Å². The van der Waals surface area contributed by atoms with Gasteiger partial charge in [-0.2, -0.15) is 0 Å². The second kappa shape index (κ2) is 5.59. The SMILES string of the molecule is O=C(O)/C(=C\c1ccccc1O)c1ccc(Cl)cc1. The Bertz CT molecular complexity index is 630. The minimum absolute atomic E-state index is 0.0372. The van der Waals surface area contributed by atoms with E-state index in [1.807, 2.05) is 0 Å². The van der Waals surface area contributed by atoms with Crippen molar-refractivity contribution in [2.75, 3.05) is 0 Å². The molecule has 0 radical (unpaired) electrons. The molecule has 19 heavy (non-hydrogen) atoms. The van der Waals surface area contributed by atoms with Gasteiger partial charge in [-0.1, -0.05) is 41.9 Å². The largest absolute Gasteiger partial charge is 0.507 e. The molecule has 0 amide bonds. The van der Waals surface area contributed by atoms with Crippen LogP contribution in [0.5, 0.6) is 5.75 Å². The Morgan fingerprint density at radius 2 is 1.68 bits per heavy atom. The summed E-state index contributed by atoms with van der Waals surface area (Å²) in [6.45, 7) is 0. The lowest BCUT2D eigenvalue weighted by Gasteiger charge is -2.04. The summed E-state index contributed by atoms with van der Waals surface area (Å²) in [5.74, 6) is -1.03. The molecule has 0 fully saturated rings. The van der Waals surface area contributed by atoms with Gasteiger partial charge in [0, 0.05) is 10.6 Å². The summed E-state index contributed by atoms with van der Waals surface area (Å²) in [5, 5.41) is 19.5. The fourth-order valence-corrected chi connectivity index (χ4v) is 1.79. The van der Waals surface area contributed by atoms with Crippen LogP contribution in [0.1, 0.15) is 11.1 Å². The fraction of sp³-hybridized carbons (Fsp3) is 0. The van der Waals surface area contributed by atoms with Gasteiger partial charge in [0.2, 0.25) is 0 Å². The van der Waals surface area contributed by atoms with E-state index in [1.54, 1.807) is 42.5 Å². The highest BCUT2D eigenvalue weighted by Crippen LogP contribution is 2.24. The molecular formula is C15H11ClO3. The van der Waals surface area contributed by atoms with E-state index >= 15 is 0 Å². The molecule has 0 spiro atoms. The molecule has 2 rings (SSSR count). The Morgan fingerprint density at radius 1 is 1.05 bits per heavy atom. The lowest BCUT2D eigenvalue weighted by atomic mass is 10.0. The van der Waals surface area contributed by atoms with Crippen LogP contribution >= 0.6 is 11.6 Å². The van der Waals surface area contributed by atoms with Gasteiger partial charge >= 0.3 is 5.97 Å². The maximum atomic E-state index is 11.3. The number of halogens is 1. The maximum Gasteiger partial charge on any atom is 0.336 e. The van der Waals surface area contributed by atoms with E-state index in [2.05, 4.69) is 0 Å². The fourth-order valence-electron chi connectivity index (χ4n) is 1.66. The standard InChI is InChI=1S/C15H11ClO3/c16-12-7-5-10(6-8-12)13(15(18)19)9-11-3-1-2-4-14(11)17/h1-9,17H,(H,18,19)/b13-9-. The summed E-state index contributed by atoms with van der Waals surface area (Å²) in [7, 11) is 0. The monoisotopic (exact) mass is 274 g/mol. The van der Waals surface area contributed by atoms with Crippen molar-refractivity contribution >= 4 is 29.2 Å². The lowest BCUT2D eigenvalue weighted by Crippen LogP contribution is -1.99. The van der Waals surface area contributed by atoms with Crippen LogP contribution in [0.3, 0.4) is 0 Å². The highest BCUT2D eigenvalue weighted by molar-refractivity contribution is 6.30. The number of aliphatic carboxylic acids is 1. The molecule has 3 nitrogen and oxygen atoms in total. The summed E-state index contributed by atoms with van der Waals surface area (Å²) in [5.41, 5.74) is 1.08. The van der Waals surface area contributed by atoms with Crippen molar-refractivity contribution < 1.29 is 15.0 Å². The van der Waals surface area contributed by atoms with Crippen molar-refractivity contribution in [3.8, 4) is 5.75 Å². The Balaban J connectivity index is 2.50. The summed E-state index contributed by atoms with van der Waals surface area (Å²) in [4.78, 5) is 11.3. The number of benzene rings is 2. The zero-order chi connectivity index (χ0) is 13.8. The van der Waals surface area contributed by atoms with Gasteiger partial charge < -0.3 is 10.2 Å². The minimum Gasteiger partial charge on any atom is -0.507 e. The van der Waals surface area contributed by atoms with E-state index in [1.165, 1.54) is 12.1 Å². The number of carboxylic acids is 1. The Morgan fingerprint density at radius 3 is 2.26 bits per heavy atom. The smallest absolute Gasteiger partial charge is 0.336 e. The number of rotatable bonds is 3. The number of phenols is 1.